The predicted octanol–water partition coefficient (Wildman–Crippen LogP) is 1.01. The highest BCUT2D eigenvalue weighted by Crippen LogP contribution is 2.26. The van der Waals surface area contributed by atoms with Gasteiger partial charge in [-0.1, -0.05) is 19.3 Å². The van der Waals surface area contributed by atoms with E-state index in [1.807, 2.05) is 11.6 Å². The average Bonchev–Trinajstić information content (AvgIpc) is 2.98. The van der Waals surface area contributed by atoms with Gasteiger partial charge in [0.15, 0.2) is 5.96 Å². The zero-order valence-corrected chi connectivity index (χ0v) is 14.8. The van der Waals surface area contributed by atoms with Crippen molar-refractivity contribution in [3.8, 4) is 0 Å². The van der Waals surface area contributed by atoms with Crippen LogP contribution < -0.4 is 10.6 Å². The first-order valence-electron chi connectivity index (χ1n) is 9.21. The standard InChI is InChI=1S/C17H30N6O/c1-12-20-16-9-8-14(11-23(16)22-12)21-17(18-2)19-10-15(24)13-6-4-3-5-7-13/h13-15,24H,3-11H2,1-2H3,(H2,18,19,21). The molecule has 7 heteroatoms. The minimum Gasteiger partial charge on any atom is -0.391 e. The number of aliphatic imine (C=N–C) groups is 1. The summed E-state index contributed by atoms with van der Waals surface area (Å²) >= 11 is 0. The van der Waals surface area contributed by atoms with Gasteiger partial charge in [0.1, 0.15) is 11.6 Å². The highest BCUT2D eigenvalue weighted by molar-refractivity contribution is 5.80. The number of nitrogens with zero attached hydrogens (tertiary/aromatic N) is 4. The maximum atomic E-state index is 10.4. The third kappa shape index (κ3) is 4.26. The fraction of sp³-hybridized carbons (Fsp3) is 0.824. The number of fused-ring (bicyclic) bond motifs is 1. The van der Waals surface area contributed by atoms with E-state index in [4.69, 9.17) is 0 Å². The van der Waals surface area contributed by atoms with E-state index in [1.54, 1.807) is 7.05 Å². The van der Waals surface area contributed by atoms with Gasteiger partial charge in [0.2, 0.25) is 0 Å². The first kappa shape index (κ1) is 17.2. The van der Waals surface area contributed by atoms with Crippen LogP contribution in [-0.2, 0) is 13.0 Å². The van der Waals surface area contributed by atoms with Crippen LogP contribution in [-0.4, -0.2) is 51.6 Å². The monoisotopic (exact) mass is 334 g/mol. The molecule has 2 aliphatic rings. The van der Waals surface area contributed by atoms with Crippen molar-refractivity contribution >= 4 is 5.96 Å². The fourth-order valence-electron chi connectivity index (χ4n) is 3.83. The van der Waals surface area contributed by atoms with Gasteiger partial charge in [-0.25, -0.2) is 9.67 Å². The van der Waals surface area contributed by atoms with E-state index >= 15 is 0 Å². The normalized spacial score (nSPS) is 23.6. The molecule has 0 bridgehead atoms. The number of aliphatic hydroxyl groups excluding tert-OH is 1. The van der Waals surface area contributed by atoms with Gasteiger partial charge in [-0.15, -0.1) is 0 Å². The number of aryl methyl sites for hydroxylation is 2. The summed E-state index contributed by atoms with van der Waals surface area (Å²) in [5.41, 5.74) is 0. The van der Waals surface area contributed by atoms with E-state index in [-0.39, 0.29) is 12.1 Å². The number of rotatable bonds is 4. The van der Waals surface area contributed by atoms with Crippen LogP contribution in [0.4, 0.5) is 0 Å². The predicted molar refractivity (Wildman–Crippen MR) is 93.9 cm³/mol. The van der Waals surface area contributed by atoms with Crippen molar-refractivity contribution in [3.63, 3.8) is 0 Å². The van der Waals surface area contributed by atoms with Gasteiger partial charge in [-0.2, -0.15) is 5.10 Å². The molecule has 134 valence electrons. The molecule has 1 aliphatic carbocycles. The lowest BCUT2D eigenvalue weighted by molar-refractivity contribution is 0.0879. The second-order valence-electron chi connectivity index (χ2n) is 7.06. The van der Waals surface area contributed by atoms with Crippen LogP contribution in [0.2, 0.25) is 0 Å². The van der Waals surface area contributed by atoms with Gasteiger partial charge in [0.05, 0.1) is 12.6 Å². The highest BCUT2D eigenvalue weighted by Gasteiger charge is 2.24. The van der Waals surface area contributed by atoms with Crippen molar-refractivity contribution < 1.29 is 5.11 Å². The van der Waals surface area contributed by atoms with Crippen LogP contribution in [0.25, 0.3) is 0 Å². The van der Waals surface area contributed by atoms with Crippen LogP contribution in [0.5, 0.6) is 0 Å². The van der Waals surface area contributed by atoms with Gasteiger partial charge in [-0.05, 0) is 32.1 Å². The number of guanidine groups is 1. The van der Waals surface area contributed by atoms with E-state index in [0.29, 0.717) is 12.5 Å². The Balaban J connectivity index is 1.47. The van der Waals surface area contributed by atoms with Crippen LogP contribution in [0, 0.1) is 12.8 Å². The molecule has 3 N–H and O–H groups in total. The summed E-state index contributed by atoms with van der Waals surface area (Å²) in [4.78, 5) is 8.74. The van der Waals surface area contributed by atoms with E-state index in [1.165, 1.54) is 19.3 Å². The van der Waals surface area contributed by atoms with Crippen molar-refractivity contribution in [1.29, 1.82) is 0 Å². The first-order chi connectivity index (χ1) is 11.7. The first-order valence-corrected chi connectivity index (χ1v) is 9.21. The summed E-state index contributed by atoms with van der Waals surface area (Å²) in [6.07, 6.45) is 7.75. The maximum Gasteiger partial charge on any atom is 0.191 e. The van der Waals surface area contributed by atoms with Gasteiger partial charge in [0, 0.05) is 26.1 Å². The van der Waals surface area contributed by atoms with Crippen molar-refractivity contribution in [1.82, 2.24) is 25.4 Å². The van der Waals surface area contributed by atoms with Crippen LogP contribution in [0.1, 0.15) is 50.2 Å². The van der Waals surface area contributed by atoms with Gasteiger partial charge in [0.25, 0.3) is 0 Å². The summed E-state index contributed by atoms with van der Waals surface area (Å²) in [5.74, 6) is 3.10. The highest BCUT2D eigenvalue weighted by atomic mass is 16.3. The van der Waals surface area contributed by atoms with E-state index in [0.717, 1.165) is 49.8 Å². The Kier molecular flexibility index (Phi) is 5.71. The van der Waals surface area contributed by atoms with E-state index < -0.39 is 0 Å². The number of aromatic nitrogens is 3. The zero-order valence-electron chi connectivity index (χ0n) is 14.8. The molecule has 2 atom stereocenters. The molecule has 1 aromatic heterocycles. The quantitative estimate of drug-likeness (QED) is 0.565. The molecule has 1 saturated carbocycles. The largest absolute Gasteiger partial charge is 0.391 e. The molecule has 1 aromatic rings. The molecule has 0 radical (unpaired) electrons. The van der Waals surface area contributed by atoms with E-state index in [9.17, 15) is 5.11 Å². The summed E-state index contributed by atoms with van der Waals surface area (Å²) in [7, 11) is 1.77. The maximum absolute atomic E-state index is 10.4. The molecular formula is C17H30N6O. The summed E-state index contributed by atoms with van der Waals surface area (Å²) in [6, 6.07) is 0.289. The van der Waals surface area contributed by atoms with Crippen LogP contribution in [0.3, 0.4) is 0 Å². The van der Waals surface area contributed by atoms with Crippen LogP contribution in [0.15, 0.2) is 4.99 Å². The molecule has 7 nitrogen and oxygen atoms in total. The Morgan fingerprint density at radius 2 is 2.12 bits per heavy atom. The third-order valence-corrected chi connectivity index (χ3v) is 5.20. The number of hydrogen-bond donors (Lipinski definition) is 3. The minimum atomic E-state index is -0.292. The molecule has 0 aromatic carbocycles. The molecule has 0 amide bonds. The second kappa shape index (κ2) is 7.96. The van der Waals surface area contributed by atoms with Gasteiger partial charge >= 0.3 is 0 Å². The lowest BCUT2D eigenvalue weighted by atomic mass is 9.85. The lowest BCUT2D eigenvalue weighted by Gasteiger charge is -2.28. The number of aliphatic hydroxyl groups is 1. The zero-order chi connectivity index (χ0) is 16.9. The Hall–Kier alpha value is -1.63. The molecule has 0 spiro atoms. The van der Waals surface area contributed by atoms with E-state index in [2.05, 4.69) is 25.7 Å². The lowest BCUT2D eigenvalue weighted by Crippen LogP contribution is -2.49. The summed E-state index contributed by atoms with van der Waals surface area (Å²) < 4.78 is 1.99. The van der Waals surface area contributed by atoms with Crippen molar-refractivity contribution in [2.45, 2.75) is 70.6 Å². The molecule has 1 aliphatic heterocycles. The number of nitrogens with one attached hydrogen (secondary N) is 2. The Bertz CT molecular complexity index is 563. The Morgan fingerprint density at radius 1 is 1.33 bits per heavy atom. The van der Waals surface area contributed by atoms with Gasteiger partial charge < -0.3 is 15.7 Å². The molecule has 3 rings (SSSR count). The van der Waals surface area contributed by atoms with Gasteiger partial charge in [-0.3, -0.25) is 4.99 Å². The summed E-state index contributed by atoms with van der Waals surface area (Å²) in [6.45, 7) is 3.30. The summed E-state index contributed by atoms with van der Waals surface area (Å²) in [5, 5.41) is 21.6. The second-order valence-corrected chi connectivity index (χ2v) is 7.06. The minimum absolute atomic E-state index is 0.289. The third-order valence-electron chi connectivity index (χ3n) is 5.20. The smallest absolute Gasteiger partial charge is 0.191 e. The molecule has 2 heterocycles. The molecule has 1 fully saturated rings. The number of hydrogen-bond acceptors (Lipinski definition) is 4. The molecular weight excluding hydrogens is 304 g/mol. The topological polar surface area (TPSA) is 87.4 Å². The molecule has 24 heavy (non-hydrogen) atoms. The molecule has 2 unspecified atom stereocenters. The van der Waals surface area contributed by atoms with Crippen molar-refractivity contribution in [2.24, 2.45) is 10.9 Å². The SMILES string of the molecule is CN=C(NCC(O)C1CCCCC1)NC1CCc2nc(C)nn2C1. The molecule has 0 saturated heterocycles. The van der Waals surface area contributed by atoms with Crippen LogP contribution >= 0.6 is 0 Å². The van der Waals surface area contributed by atoms with Crippen molar-refractivity contribution in [3.05, 3.63) is 11.6 Å². The fourth-order valence-corrected chi connectivity index (χ4v) is 3.83. The Morgan fingerprint density at radius 3 is 2.88 bits per heavy atom. The Labute approximate surface area is 144 Å². The van der Waals surface area contributed by atoms with Crippen molar-refractivity contribution in [2.75, 3.05) is 13.6 Å². The average molecular weight is 334 g/mol.